The van der Waals surface area contributed by atoms with Gasteiger partial charge in [0, 0.05) is 8.07 Å². The van der Waals surface area contributed by atoms with E-state index in [4.69, 9.17) is 4.74 Å². The summed E-state index contributed by atoms with van der Waals surface area (Å²) in [5.74, 6) is 0.943. The first-order chi connectivity index (χ1) is 7.38. The van der Waals surface area contributed by atoms with E-state index in [0.717, 1.165) is 18.9 Å². The van der Waals surface area contributed by atoms with Gasteiger partial charge in [-0.25, -0.2) is 0 Å². The molecule has 1 aliphatic rings. The van der Waals surface area contributed by atoms with Crippen LogP contribution in [0.3, 0.4) is 0 Å². The van der Waals surface area contributed by atoms with Crippen LogP contribution < -0.4 is 0 Å². The molecule has 3 heteroatoms. The molecule has 94 valence electrons. The first-order valence-electron chi connectivity index (χ1n) is 6.55. The van der Waals surface area contributed by atoms with Crippen LogP contribution in [0.2, 0.25) is 25.7 Å². The molecule has 0 aliphatic heterocycles. The largest absolute Gasteiger partial charge is 0.466 e. The number of hydrogen-bond acceptors (Lipinski definition) is 2. The third-order valence-corrected chi connectivity index (χ3v) is 5.07. The second-order valence-electron chi connectivity index (χ2n) is 6.45. The van der Waals surface area contributed by atoms with Crippen LogP contribution in [-0.4, -0.2) is 20.7 Å². The van der Waals surface area contributed by atoms with E-state index >= 15 is 0 Å². The molecule has 0 radical (unpaired) electrons. The number of hydrogen-bond donors (Lipinski definition) is 0. The van der Waals surface area contributed by atoms with E-state index < -0.39 is 8.07 Å². The second-order valence-corrected chi connectivity index (χ2v) is 12.1. The number of rotatable bonds is 4. The molecule has 0 bridgehead atoms. The molecule has 1 rings (SSSR count). The molecule has 0 spiro atoms. The molecule has 0 aromatic heterocycles. The summed E-state index contributed by atoms with van der Waals surface area (Å²) < 4.78 is 5.40. The molecule has 16 heavy (non-hydrogen) atoms. The van der Waals surface area contributed by atoms with Gasteiger partial charge in [0.1, 0.15) is 0 Å². The van der Waals surface area contributed by atoms with Crippen LogP contribution in [0.4, 0.5) is 0 Å². The Morgan fingerprint density at radius 3 is 2.56 bits per heavy atom. The highest BCUT2D eigenvalue weighted by Crippen LogP contribution is 2.29. The van der Waals surface area contributed by atoms with E-state index in [0.29, 0.717) is 12.5 Å². The summed E-state index contributed by atoms with van der Waals surface area (Å²) in [5, 5.41) is 0. The fraction of sp³-hybridized carbons (Fsp3) is 0.923. The van der Waals surface area contributed by atoms with Gasteiger partial charge in [0.05, 0.1) is 12.5 Å². The third kappa shape index (κ3) is 5.15. The van der Waals surface area contributed by atoms with Gasteiger partial charge >= 0.3 is 5.97 Å². The van der Waals surface area contributed by atoms with Crippen molar-refractivity contribution in [2.24, 2.45) is 11.8 Å². The summed E-state index contributed by atoms with van der Waals surface area (Å²) in [6.07, 6.45) is 4.54. The minimum atomic E-state index is -1.06. The Hall–Kier alpha value is -0.313. The van der Waals surface area contributed by atoms with Crippen LogP contribution in [0.15, 0.2) is 0 Å². The van der Waals surface area contributed by atoms with E-state index in [2.05, 4.69) is 26.6 Å². The molecule has 0 saturated heterocycles. The summed E-state index contributed by atoms with van der Waals surface area (Å²) in [4.78, 5) is 11.8. The number of carbonyl (C=O) groups excluding carboxylic acids is 1. The van der Waals surface area contributed by atoms with Crippen LogP contribution in [0.5, 0.6) is 0 Å². The van der Waals surface area contributed by atoms with Crippen molar-refractivity contribution in [3.05, 3.63) is 0 Å². The zero-order valence-corrected chi connectivity index (χ0v) is 12.2. The van der Waals surface area contributed by atoms with Gasteiger partial charge in [-0.1, -0.05) is 39.4 Å². The second kappa shape index (κ2) is 5.85. The predicted molar refractivity (Wildman–Crippen MR) is 70.2 cm³/mol. The standard InChI is InChI=1S/C13H26O2Si/c1-11-6-5-7-12(10-11)13(14)15-8-9-16(2,3)4/h11-12H,5-10H2,1-4H3/t11-,12+/m1/s1. The fourth-order valence-corrected chi connectivity index (χ4v) is 2.94. The maximum atomic E-state index is 11.8. The van der Waals surface area contributed by atoms with E-state index in [1.807, 2.05) is 0 Å². The van der Waals surface area contributed by atoms with Crippen molar-refractivity contribution in [3.8, 4) is 0 Å². The highest BCUT2D eigenvalue weighted by Gasteiger charge is 2.26. The Morgan fingerprint density at radius 2 is 2.00 bits per heavy atom. The molecule has 0 unspecified atom stereocenters. The van der Waals surface area contributed by atoms with Crippen molar-refractivity contribution in [3.63, 3.8) is 0 Å². The van der Waals surface area contributed by atoms with Gasteiger partial charge in [-0.15, -0.1) is 0 Å². The molecule has 0 amide bonds. The van der Waals surface area contributed by atoms with Crippen LogP contribution in [0.25, 0.3) is 0 Å². The predicted octanol–water partition coefficient (Wildman–Crippen LogP) is 3.69. The van der Waals surface area contributed by atoms with E-state index in [-0.39, 0.29) is 11.9 Å². The van der Waals surface area contributed by atoms with Gasteiger partial charge in [-0.05, 0) is 24.8 Å². The number of carbonyl (C=O) groups is 1. The number of esters is 1. The average molecular weight is 242 g/mol. The summed E-state index contributed by atoms with van der Waals surface area (Å²) in [6, 6.07) is 1.08. The Morgan fingerprint density at radius 1 is 1.31 bits per heavy atom. The maximum Gasteiger partial charge on any atom is 0.308 e. The van der Waals surface area contributed by atoms with Crippen LogP contribution in [0.1, 0.15) is 32.6 Å². The van der Waals surface area contributed by atoms with Crippen LogP contribution >= 0.6 is 0 Å². The smallest absolute Gasteiger partial charge is 0.308 e. The van der Waals surface area contributed by atoms with Gasteiger partial charge in [-0.3, -0.25) is 4.79 Å². The summed E-state index contributed by atoms with van der Waals surface area (Å²) in [5.41, 5.74) is 0. The molecule has 0 aromatic carbocycles. The van der Waals surface area contributed by atoms with Gasteiger partial charge < -0.3 is 4.74 Å². The Bertz CT molecular complexity index is 233. The van der Waals surface area contributed by atoms with Crippen molar-refractivity contribution >= 4 is 14.0 Å². The molecule has 1 aliphatic carbocycles. The molecule has 2 atom stereocenters. The Labute approximate surface area is 101 Å². The first-order valence-corrected chi connectivity index (χ1v) is 10.3. The highest BCUT2D eigenvalue weighted by molar-refractivity contribution is 6.76. The maximum absolute atomic E-state index is 11.8. The minimum absolute atomic E-state index is 0.0600. The first kappa shape index (κ1) is 13.8. The third-order valence-electron chi connectivity index (χ3n) is 3.37. The molecular weight excluding hydrogens is 216 g/mol. The quantitative estimate of drug-likeness (QED) is 0.555. The molecule has 0 aromatic rings. The van der Waals surface area contributed by atoms with E-state index in [1.54, 1.807) is 0 Å². The van der Waals surface area contributed by atoms with Gasteiger partial charge in [0.25, 0.3) is 0 Å². The lowest BCUT2D eigenvalue weighted by atomic mass is 9.82. The lowest BCUT2D eigenvalue weighted by Crippen LogP contribution is -2.27. The van der Waals surface area contributed by atoms with Crippen LogP contribution in [0, 0.1) is 11.8 Å². The minimum Gasteiger partial charge on any atom is -0.466 e. The molecule has 2 nitrogen and oxygen atoms in total. The van der Waals surface area contributed by atoms with E-state index in [1.165, 1.54) is 12.8 Å². The fourth-order valence-electron chi connectivity index (χ4n) is 2.22. The molecular formula is C13H26O2Si. The SMILES string of the molecule is C[C@@H]1CCC[C@H](C(=O)OCC[Si](C)(C)C)C1. The van der Waals surface area contributed by atoms with Crippen molar-refractivity contribution in [2.75, 3.05) is 6.61 Å². The number of ether oxygens (including phenoxy) is 1. The zero-order valence-electron chi connectivity index (χ0n) is 11.2. The molecule has 0 N–H and O–H groups in total. The lowest BCUT2D eigenvalue weighted by molar-refractivity contribution is -0.149. The van der Waals surface area contributed by atoms with Gasteiger partial charge in [0.2, 0.25) is 0 Å². The van der Waals surface area contributed by atoms with Crippen molar-refractivity contribution in [2.45, 2.75) is 58.3 Å². The van der Waals surface area contributed by atoms with Crippen molar-refractivity contribution in [1.29, 1.82) is 0 Å². The lowest BCUT2D eigenvalue weighted by Gasteiger charge is -2.25. The molecule has 0 heterocycles. The zero-order chi connectivity index (χ0) is 12.2. The van der Waals surface area contributed by atoms with E-state index in [9.17, 15) is 4.79 Å². The van der Waals surface area contributed by atoms with Crippen LogP contribution in [-0.2, 0) is 9.53 Å². The van der Waals surface area contributed by atoms with Gasteiger partial charge in [0.15, 0.2) is 0 Å². The normalized spacial score (nSPS) is 26.5. The summed E-state index contributed by atoms with van der Waals surface area (Å²) in [7, 11) is -1.06. The Kier molecular flexibility index (Phi) is 5.03. The molecule has 1 saturated carbocycles. The topological polar surface area (TPSA) is 26.3 Å². The monoisotopic (exact) mass is 242 g/mol. The van der Waals surface area contributed by atoms with Gasteiger partial charge in [-0.2, -0.15) is 0 Å². The average Bonchev–Trinajstić information content (AvgIpc) is 2.15. The summed E-state index contributed by atoms with van der Waals surface area (Å²) >= 11 is 0. The highest BCUT2D eigenvalue weighted by atomic mass is 28.3. The van der Waals surface area contributed by atoms with Crippen molar-refractivity contribution < 1.29 is 9.53 Å². The summed E-state index contributed by atoms with van der Waals surface area (Å²) in [6.45, 7) is 9.80. The molecule has 1 fully saturated rings. The van der Waals surface area contributed by atoms with Crippen molar-refractivity contribution in [1.82, 2.24) is 0 Å². The Balaban J connectivity index is 2.24.